The largest absolute Gasteiger partial charge is 0.396 e. The van der Waals surface area contributed by atoms with Crippen molar-refractivity contribution in [3.05, 3.63) is 29.6 Å². The molecule has 106 valence electrons. The zero-order valence-corrected chi connectivity index (χ0v) is 11.3. The molecule has 0 aliphatic heterocycles. The van der Waals surface area contributed by atoms with Gasteiger partial charge in [0.25, 0.3) is 0 Å². The minimum atomic E-state index is -0.692. The molecule has 0 unspecified atom stereocenters. The lowest BCUT2D eigenvalue weighted by Crippen LogP contribution is -2.41. The second-order valence-electron chi connectivity index (χ2n) is 5.23. The molecule has 0 bridgehead atoms. The Morgan fingerprint density at radius 1 is 1.42 bits per heavy atom. The van der Waals surface area contributed by atoms with Crippen molar-refractivity contribution in [2.24, 2.45) is 0 Å². The van der Waals surface area contributed by atoms with Crippen LogP contribution >= 0.6 is 0 Å². The van der Waals surface area contributed by atoms with Gasteiger partial charge in [-0.3, -0.25) is 0 Å². The zero-order chi connectivity index (χ0) is 13.8. The van der Waals surface area contributed by atoms with Gasteiger partial charge in [0.2, 0.25) is 0 Å². The van der Waals surface area contributed by atoms with Gasteiger partial charge in [-0.25, -0.2) is 4.39 Å². The topological polar surface area (TPSA) is 43.7 Å². The molecular weight excluding hydrogens is 245 g/mol. The maximum atomic E-state index is 13.4. The minimum absolute atomic E-state index is 0.147. The Balaban J connectivity index is 2.28. The Bertz CT molecular complexity index is 419. The second kappa shape index (κ2) is 6.35. The Morgan fingerprint density at radius 3 is 2.68 bits per heavy atom. The van der Waals surface area contributed by atoms with E-state index < -0.39 is 6.10 Å². The number of nitrogens with zero attached hydrogens (tertiary/aromatic N) is 1. The van der Waals surface area contributed by atoms with Crippen LogP contribution in [-0.2, 0) is 0 Å². The van der Waals surface area contributed by atoms with Gasteiger partial charge in [0.15, 0.2) is 0 Å². The van der Waals surface area contributed by atoms with Gasteiger partial charge in [-0.05, 0) is 50.8 Å². The van der Waals surface area contributed by atoms with E-state index in [2.05, 4.69) is 4.90 Å². The number of rotatable bonds is 6. The molecule has 1 saturated carbocycles. The zero-order valence-electron chi connectivity index (χ0n) is 11.3. The van der Waals surface area contributed by atoms with Crippen molar-refractivity contribution < 1.29 is 14.6 Å². The van der Waals surface area contributed by atoms with Crippen LogP contribution in [0.2, 0.25) is 0 Å². The van der Waals surface area contributed by atoms with Crippen molar-refractivity contribution >= 4 is 5.69 Å². The number of halogens is 1. The van der Waals surface area contributed by atoms with E-state index in [1.165, 1.54) is 18.6 Å². The first-order valence-corrected chi connectivity index (χ1v) is 6.98. The van der Waals surface area contributed by atoms with Gasteiger partial charge in [0.1, 0.15) is 5.82 Å². The summed E-state index contributed by atoms with van der Waals surface area (Å²) in [5.41, 5.74) is 1.53. The molecule has 2 N–H and O–H groups in total. The molecule has 2 rings (SSSR count). The van der Waals surface area contributed by atoms with E-state index >= 15 is 0 Å². The predicted molar refractivity (Wildman–Crippen MR) is 73.7 cm³/mol. The van der Waals surface area contributed by atoms with E-state index in [-0.39, 0.29) is 12.4 Å². The van der Waals surface area contributed by atoms with Crippen molar-refractivity contribution in [2.45, 2.75) is 44.8 Å². The molecule has 1 aliphatic carbocycles. The third kappa shape index (κ3) is 3.25. The number of aliphatic hydroxyl groups excluding tert-OH is 2. The van der Waals surface area contributed by atoms with Crippen LogP contribution in [0.25, 0.3) is 0 Å². The molecule has 1 aliphatic rings. The molecule has 1 atom stereocenters. The van der Waals surface area contributed by atoms with E-state index in [9.17, 15) is 9.50 Å². The molecular formula is C15H22FNO2. The summed E-state index contributed by atoms with van der Waals surface area (Å²) in [5, 5.41) is 18.9. The van der Waals surface area contributed by atoms with E-state index in [1.807, 2.05) is 0 Å². The Kier molecular flexibility index (Phi) is 4.77. The van der Waals surface area contributed by atoms with Crippen molar-refractivity contribution in [3.8, 4) is 0 Å². The smallest absolute Gasteiger partial charge is 0.123 e. The minimum Gasteiger partial charge on any atom is -0.396 e. The molecule has 4 heteroatoms. The van der Waals surface area contributed by atoms with Crippen LogP contribution in [0.4, 0.5) is 10.1 Å². The molecule has 0 amide bonds. The van der Waals surface area contributed by atoms with Crippen molar-refractivity contribution in [1.82, 2.24) is 0 Å². The van der Waals surface area contributed by atoms with Gasteiger partial charge in [-0.15, -0.1) is 0 Å². The SMILES string of the molecule is C[C@H](O)c1cc(F)ccc1N(CCCO)C1CCC1. The highest BCUT2D eigenvalue weighted by atomic mass is 19.1. The predicted octanol–water partition coefficient (Wildman–Crippen LogP) is 2.62. The molecule has 1 fully saturated rings. The highest BCUT2D eigenvalue weighted by Gasteiger charge is 2.27. The van der Waals surface area contributed by atoms with Crippen LogP contribution in [0.1, 0.15) is 44.3 Å². The lowest BCUT2D eigenvalue weighted by molar-refractivity contribution is 0.198. The highest BCUT2D eigenvalue weighted by molar-refractivity contribution is 5.56. The summed E-state index contributed by atoms with van der Waals surface area (Å²) in [6, 6.07) is 5.04. The van der Waals surface area contributed by atoms with Crippen molar-refractivity contribution in [2.75, 3.05) is 18.1 Å². The summed E-state index contributed by atoms with van der Waals surface area (Å²) in [6.07, 6.45) is 3.46. The first-order chi connectivity index (χ1) is 9.13. The van der Waals surface area contributed by atoms with E-state index in [0.29, 0.717) is 18.0 Å². The van der Waals surface area contributed by atoms with E-state index in [4.69, 9.17) is 5.11 Å². The lowest BCUT2D eigenvalue weighted by Gasteiger charge is -2.40. The normalized spacial score (nSPS) is 17.1. The summed E-state index contributed by atoms with van der Waals surface area (Å²) in [4.78, 5) is 2.21. The molecule has 0 saturated heterocycles. The van der Waals surface area contributed by atoms with Gasteiger partial charge >= 0.3 is 0 Å². The first-order valence-electron chi connectivity index (χ1n) is 6.98. The number of anilines is 1. The highest BCUT2D eigenvalue weighted by Crippen LogP contribution is 2.34. The standard InChI is InChI=1S/C15H22FNO2/c1-11(19)14-10-12(16)6-7-15(14)17(8-3-9-18)13-4-2-5-13/h6-7,10-11,13,18-19H,2-5,8-9H2,1H3/t11-/m0/s1. The molecule has 0 spiro atoms. The van der Waals surface area contributed by atoms with Gasteiger partial charge in [0, 0.05) is 30.4 Å². The Hall–Kier alpha value is -1.13. The van der Waals surface area contributed by atoms with Crippen LogP contribution in [0, 0.1) is 5.82 Å². The summed E-state index contributed by atoms with van der Waals surface area (Å²) in [5.74, 6) is -0.324. The number of benzene rings is 1. The van der Waals surface area contributed by atoms with Crippen molar-refractivity contribution in [1.29, 1.82) is 0 Å². The number of hydrogen-bond acceptors (Lipinski definition) is 3. The first kappa shape index (κ1) is 14.3. The fraction of sp³-hybridized carbons (Fsp3) is 0.600. The molecule has 0 heterocycles. The summed E-state index contributed by atoms with van der Waals surface area (Å²) >= 11 is 0. The van der Waals surface area contributed by atoms with Crippen LogP contribution in [0.3, 0.4) is 0 Å². The van der Waals surface area contributed by atoms with Crippen LogP contribution in [0.5, 0.6) is 0 Å². The van der Waals surface area contributed by atoms with Gasteiger partial charge in [0.05, 0.1) is 6.10 Å². The second-order valence-corrected chi connectivity index (χ2v) is 5.23. The lowest BCUT2D eigenvalue weighted by atomic mass is 9.90. The summed E-state index contributed by atoms with van der Waals surface area (Å²) in [6.45, 7) is 2.55. The van der Waals surface area contributed by atoms with E-state index in [1.54, 1.807) is 13.0 Å². The van der Waals surface area contributed by atoms with Crippen LogP contribution in [-0.4, -0.2) is 29.4 Å². The molecule has 3 nitrogen and oxygen atoms in total. The van der Waals surface area contributed by atoms with Gasteiger partial charge in [-0.1, -0.05) is 0 Å². The maximum absolute atomic E-state index is 13.4. The molecule has 1 aromatic carbocycles. The summed E-state index contributed by atoms with van der Waals surface area (Å²) in [7, 11) is 0. The van der Waals surface area contributed by atoms with Gasteiger partial charge < -0.3 is 15.1 Å². The average molecular weight is 267 g/mol. The summed E-state index contributed by atoms with van der Waals surface area (Å²) < 4.78 is 13.4. The number of hydrogen-bond donors (Lipinski definition) is 2. The number of aliphatic hydroxyl groups is 2. The van der Waals surface area contributed by atoms with E-state index in [0.717, 1.165) is 25.1 Å². The van der Waals surface area contributed by atoms with Crippen LogP contribution in [0.15, 0.2) is 18.2 Å². The monoisotopic (exact) mass is 267 g/mol. The van der Waals surface area contributed by atoms with Crippen molar-refractivity contribution in [3.63, 3.8) is 0 Å². The Labute approximate surface area is 113 Å². The van der Waals surface area contributed by atoms with Gasteiger partial charge in [-0.2, -0.15) is 0 Å². The quantitative estimate of drug-likeness (QED) is 0.832. The van der Waals surface area contributed by atoms with Crippen LogP contribution < -0.4 is 4.90 Å². The molecule has 1 aromatic rings. The third-order valence-corrected chi connectivity index (χ3v) is 3.82. The fourth-order valence-corrected chi connectivity index (χ4v) is 2.56. The molecule has 0 aromatic heterocycles. The molecule has 19 heavy (non-hydrogen) atoms. The molecule has 0 radical (unpaired) electrons. The third-order valence-electron chi connectivity index (χ3n) is 3.82. The Morgan fingerprint density at radius 2 is 2.16 bits per heavy atom. The average Bonchev–Trinajstić information content (AvgIpc) is 2.32. The fourth-order valence-electron chi connectivity index (χ4n) is 2.56. The maximum Gasteiger partial charge on any atom is 0.123 e.